The molecule has 0 aromatic heterocycles. The number of ketones is 1. The fourth-order valence-electron chi connectivity index (χ4n) is 2.19. The van der Waals surface area contributed by atoms with Gasteiger partial charge in [0.05, 0.1) is 5.02 Å². The van der Waals surface area contributed by atoms with Gasteiger partial charge in [0.1, 0.15) is 5.75 Å². The van der Waals surface area contributed by atoms with Crippen LogP contribution in [-0.2, 0) is 4.79 Å². The first kappa shape index (κ1) is 15.3. The van der Waals surface area contributed by atoms with Gasteiger partial charge in [-0.15, -0.1) is 0 Å². The van der Waals surface area contributed by atoms with Crippen LogP contribution in [0.5, 0.6) is 5.75 Å². The smallest absolute Gasteiger partial charge is 0.341 e. The summed E-state index contributed by atoms with van der Waals surface area (Å²) >= 11 is 6.17. The Morgan fingerprint density at radius 3 is 2.52 bits per heavy atom. The van der Waals surface area contributed by atoms with Crippen molar-refractivity contribution in [3.05, 3.63) is 40.9 Å². The number of hydrogen-bond donors (Lipinski definition) is 1. The molecule has 0 saturated carbocycles. The van der Waals surface area contributed by atoms with Gasteiger partial charge in [-0.3, -0.25) is 4.79 Å². The standard InChI is InChI=1S/C16H15ClO4/c1-2-5-14(18)12-8-13(17)16(21-9-15(19)20)11-7-4-3-6-10(11)12/h3-4,6-8H,2,5,9H2,1H3,(H,19,20). The van der Waals surface area contributed by atoms with Crippen LogP contribution in [-0.4, -0.2) is 23.5 Å². The summed E-state index contributed by atoms with van der Waals surface area (Å²) in [4.78, 5) is 22.9. The maximum atomic E-state index is 12.2. The van der Waals surface area contributed by atoms with Crippen molar-refractivity contribution < 1.29 is 19.4 Å². The highest BCUT2D eigenvalue weighted by Gasteiger charge is 2.16. The zero-order valence-electron chi connectivity index (χ0n) is 11.6. The van der Waals surface area contributed by atoms with E-state index < -0.39 is 12.6 Å². The molecule has 0 amide bonds. The number of benzene rings is 2. The quantitative estimate of drug-likeness (QED) is 0.821. The van der Waals surface area contributed by atoms with Crippen molar-refractivity contribution in [1.29, 1.82) is 0 Å². The number of Topliss-reactive ketones (excluding diaryl/α,β-unsaturated/α-hetero) is 1. The van der Waals surface area contributed by atoms with Gasteiger partial charge in [0.2, 0.25) is 0 Å². The van der Waals surface area contributed by atoms with Gasteiger partial charge in [-0.2, -0.15) is 0 Å². The average molecular weight is 307 g/mol. The fourth-order valence-corrected chi connectivity index (χ4v) is 2.45. The highest BCUT2D eigenvalue weighted by Crippen LogP contribution is 2.36. The lowest BCUT2D eigenvalue weighted by atomic mass is 9.98. The molecule has 4 nitrogen and oxygen atoms in total. The van der Waals surface area contributed by atoms with Crippen LogP contribution in [0.15, 0.2) is 30.3 Å². The molecular weight excluding hydrogens is 292 g/mol. The van der Waals surface area contributed by atoms with Crippen LogP contribution in [0, 0.1) is 0 Å². The number of carbonyl (C=O) groups excluding carboxylic acids is 1. The second-order valence-electron chi connectivity index (χ2n) is 4.64. The van der Waals surface area contributed by atoms with E-state index in [0.29, 0.717) is 23.1 Å². The third-order valence-electron chi connectivity index (χ3n) is 3.07. The van der Waals surface area contributed by atoms with E-state index >= 15 is 0 Å². The van der Waals surface area contributed by atoms with Gasteiger partial charge in [0.15, 0.2) is 12.4 Å². The van der Waals surface area contributed by atoms with Crippen molar-refractivity contribution >= 4 is 34.1 Å². The fraction of sp³-hybridized carbons (Fsp3) is 0.250. The maximum Gasteiger partial charge on any atom is 0.341 e. The zero-order valence-corrected chi connectivity index (χ0v) is 12.3. The lowest BCUT2D eigenvalue weighted by Gasteiger charge is -2.13. The van der Waals surface area contributed by atoms with Crippen LogP contribution in [0.1, 0.15) is 30.1 Å². The summed E-state index contributed by atoms with van der Waals surface area (Å²) in [6, 6.07) is 8.74. The Kier molecular flexibility index (Phi) is 4.81. The van der Waals surface area contributed by atoms with Gasteiger partial charge in [0, 0.05) is 17.4 Å². The minimum Gasteiger partial charge on any atom is -0.480 e. The summed E-state index contributed by atoms with van der Waals surface area (Å²) in [5.41, 5.74) is 0.542. The van der Waals surface area contributed by atoms with E-state index in [0.717, 1.165) is 11.8 Å². The molecular formula is C16H15ClO4. The third-order valence-corrected chi connectivity index (χ3v) is 3.35. The van der Waals surface area contributed by atoms with Crippen LogP contribution in [0.2, 0.25) is 5.02 Å². The Labute approximate surface area is 127 Å². The predicted octanol–water partition coefficient (Wildman–Crippen LogP) is 3.94. The summed E-state index contributed by atoms with van der Waals surface area (Å²) in [5, 5.41) is 10.3. The second-order valence-corrected chi connectivity index (χ2v) is 5.04. The number of ether oxygens (including phenoxy) is 1. The number of aliphatic carboxylic acids is 1. The Morgan fingerprint density at radius 2 is 1.90 bits per heavy atom. The van der Waals surface area contributed by atoms with Crippen LogP contribution < -0.4 is 4.74 Å². The lowest BCUT2D eigenvalue weighted by molar-refractivity contribution is -0.139. The van der Waals surface area contributed by atoms with Crippen molar-refractivity contribution in [3.63, 3.8) is 0 Å². The first-order chi connectivity index (χ1) is 10.0. The third kappa shape index (κ3) is 3.34. The Hall–Kier alpha value is -2.07. The molecule has 0 fully saturated rings. The van der Waals surface area contributed by atoms with Crippen molar-refractivity contribution in [1.82, 2.24) is 0 Å². The molecule has 5 heteroatoms. The minimum atomic E-state index is -1.08. The molecule has 0 radical (unpaired) electrons. The molecule has 0 saturated heterocycles. The maximum absolute atomic E-state index is 12.2. The minimum absolute atomic E-state index is 0.0142. The van der Waals surface area contributed by atoms with Crippen molar-refractivity contribution in [3.8, 4) is 5.75 Å². The Morgan fingerprint density at radius 1 is 1.24 bits per heavy atom. The van der Waals surface area contributed by atoms with Crippen LogP contribution in [0.3, 0.4) is 0 Å². The van der Waals surface area contributed by atoms with Gasteiger partial charge in [-0.25, -0.2) is 4.79 Å². The number of halogens is 1. The van der Waals surface area contributed by atoms with Gasteiger partial charge < -0.3 is 9.84 Å². The lowest BCUT2D eigenvalue weighted by Crippen LogP contribution is -2.10. The SMILES string of the molecule is CCCC(=O)c1cc(Cl)c(OCC(=O)O)c2ccccc12. The number of rotatable bonds is 6. The highest BCUT2D eigenvalue weighted by molar-refractivity contribution is 6.34. The van der Waals surface area contributed by atoms with Gasteiger partial charge in [-0.1, -0.05) is 42.8 Å². The van der Waals surface area contributed by atoms with E-state index in [1.807, 2.05) is 19.1 Å². The number of carbonyl (C=O) groups is 2. The van der Waals surface area contributed by atoms with Crippen molar-refractivity contribution in [2.45, 2.75) is 19.8 Å². The van der Waals surface area contributed by atoms with E-state index in [-0.39, 0.29) is 10.8 Å². The number of fused-ring (bicyclic) bond motifs is 1. The molecule has 0 atom stereocenters. The van der Waals surface area contributed by atoms with E-state index in [2.05, 4.69) is 0 Å². The number of carboxylic acids is 1. The van der Waals surface area contributed by atoms with E-state index in [1.165, 1.54) is 0 Å². The first-order valence-electron chi connectivity index (χ1n) is 6.63. The Bertz CT molecular complexity index is 694. The molecule has 0 spiro atoms. The van der Waals surface area contributed by atoms with E-state index in [9.17, 15) is 9.59 Å². The Balaban J connectivity index is 2.57. The zero-order chi connectivity index (χ0) is 15.4. The van der Waals surface area contributed by atoms with Crippen LogP contribution >= 0.6 is 11.6 Å². The van der Waals surface area contributed by atoms with E-state index in [4.69, 9.17) is 21.4 Å². The summed E-state index contributed by atoms with van der Waals surface area (Å²) in [6.07, 6.45) is 1.19. The molecule has 0 aliphatic rings. The van der Waals surface area contributed by atoms with Crippen molar-refractivity contribution in [2.24, 2.45) is 0 Å². The summed E-state index contributed by atoms with van der Waals surface area (Å²) in [5.74, 6) is -0.774. The summed E-state index contributed by atoms with van der Waals surface area (Å²) < 4.78 is 5.26. The largest absolute Gasteiger partial charge is 0.480 e. The van der Waals surface area contributed by atoms with Gasteiger partial charge in [0.25, 0.3) is 0 Å². The number of carboxylic acid groups (broad SMARTS) is 1. The molecule has 110 valence electrons. The highest BCUT2D eigenvalue weighted by atomic mass is 35.5. The van der Waals surface area contributed by atoms with E-state index in [1.54, 1.807) is 18.2 Å². The molecule has 0 bridgehead atoms. The molecule has 2 aromatic rings. The molecule has 0 aliphatic heterocycles. The summed E-state index contributed by atoms with van der Waals surface area (Å²) in [7, 11) is 0. The molecule has 1 N–H and O–H groups in total. The normalized spacial score (nSPS) is 10.6. The predicted molar refractivity (Wildman–Crippen MR) is 81.3 cm³/mol. The van der Waals surface area contributed by atoms with Gasteiger partial charge >= 0.3 is 5.97 Å². The van der Waals surface area contributed by atoms with Crippen LogP contribution in [0.25, 0.3) is 10.8 Å². The molecule has 2 rings (SSSR count). The molecule has 21 heavy (non-hydrogen) atoms. The molecule has 2 aromatic carbocycles. The monoisotopic (exact) mass is 306 g/mol. The van der Waals surface area contributed by atoms with Crippen LogP contribution in [0.4, 0.5) is 0 Å². The summed E-state index contributed by atoms with van der Waals surface area (Å²) in [6.45, 7) is 1.46. The molecule has 0 aliphatic carbocycles. The van der Waals surface area contributed by atoms with Crippen molar-refractivity contribution in [2.75, 3.05) is 6.61 Å². The number of hydrogen-bond acceptors (Lipinski definition) is 3. The topological polar surface area (TPSA) is 63.6 Å². The first-order valence-corrected chi connectivity index (χ1v) is 7.01. The molecule has 0 heterocycles. The second kappa shape index (κ2) is 6.59. The average Bonchev–Trinajstić information content (AvgIpc) is 2.45. The molecule has 0 unspecified atom stereocenters. The van der Waals surface area contributed by atoms with Gasteiger partial charge in [-0.05, 0) is 17.9 Å².